The molecule has 2 aromatic heterocycles. The first kappa shape index (κ1) is 12.5. The molecule has 3 rings (SSSR count). The number of nitrogens with zero attached hydrogens (tertiary/aromatic N) is 3. The summed E-state index contributed by atoms with van der Waals surface area (Å²) in [7, 11) is 0. The Labute approximate surface area is 115 Å². The highest BCUT2D eigenvalue weighted by atomic mass is 16.2. The summed E-state index contributed by atoms with van der Waals surface area (Å²) in [6.07, 6.45) is 5.21. The van der Waals surface area contributed by atoms with Crippen molar-refractivity contribution >= 4 is 17.6 Å². The van der Waals surface area contributed by atoms with E-state index in [-0.39, 0.29) is 11.9 Å². The number of amides is 3. The fourth-order valence-corrected chi connectivity index (χ4v) is 2.19. The van der Waals surface area contributed by atoms with Gasteiger partial charge in [-0.1, -0.05) is 0 Å². The van der Waals surface area contributed by atoms with Gasteiger partial charge in [0.15, 0.2) is 0 Å². The first-order valence-electron chi connectivity index (χ1n) is 6.48. The molecule has 1 saturated heterocycles. The van der Waals surface area contributed by atoms with E-state index in [0.717, 1.165) is 5.65 Å². The number of nitrogens with one attached hydrogen (secondary N) is 2. The van der Waals surface area contributed by atoms with Crippen LogP contribution in [-0.2, 0) is 0 Å². The summed E-state index contributed by atoms with van der Waals surface area (Å²) >= 11 is 0. The zero-order chi connectivity index (χ0) is 13.9. The van der Waals surface area contributed by atoms with E-state index in [0.29, 0.717) is 31.7 Å². The number of urea groups is 1. The Morgan fingerprint density at radius 3 is 3.15 bits per heavy atom. The van der Waals surface area contributed by atoms with Crippen LogP contribution < -0.4 is 10.6 Å². The van der Waals surface area contributed by atoms with E-state index < -0.39 is 0 Å². The van der Waals surface area contributed by atoms with E-state index in [2.05, 4.69) is 15.6 Å². The minimum absolute atomic E-state index is 0.0703. The molecule has 0 saturated carbocycles. The number of rotatable bonds is 4. The summed E-state index contributed by atoms with van der Waals surface area (Å²) in [5, 5.41) is 5.53. The van der Waals surface area contributed by atoms with Gasteiger partial charge in [0, 0.05) is 44.8 Å². The molecule has 20 heavy (non-hydrogen) atoms. The molecule has 0 aromatic carbocycles. The van der Waals surface area contributed by atoms with Crippen LogP contribution in [0.15, 0.2) is 30.7 Å². The van der Waals surface area contributed by atoms with Crippen molar-refractivity contribution < 1.29 is 9.59 Å². The maximum Gasteiger partial charge on any atom is 0.317 e. The Balaban J connectivity index is 1.57. The van der Waals surface area contributed by atoms with Gasteiger partial charge in [0.2, 0.25) is 0 Å². The molecule has 0 bridgehead atoms. The smallest absolute Gasteiger partial charge is 0.317 e. The fraction of sp³-hybridized carbons (Fsp3) is 0.308. The SMILES string of the molecule is O=C(NCCN1CCNC1=O)c1ccc2nccn2c1. The predicted octanol–water partition coefficient (Wildman–Crippen LogP) is 0.0893. The zero-order valence-corrected chi connectivity index (χ0v) is 10.9. The van der Waals surface area contributed by atoms with Crippen LogP contribution in [0.2, 0.25) is 0 Å². The molecule has 3 heterocycles. The van der Waals surface area contributed by atoms with Crippen molar-refractivity contribution in [1.82, 2.24) is 24.9 Å². The third-order valence-corrected chi connectivity index (χ3v) is 3.26. The molecule has 1 aliphatic rings. The maximum absolute atomic E-state index is 12.0. The molecule has 1 aliphatic heterocycles. The van der Waals surface area contributed by atoms with E-state index >= 15 is 0 Å². The molecule has 0 aliphatic carbocycles. The highest BCUT2D eigenvalue weighted by Gasteiger charge is 2.18. The number of carbonyl (C=O) groups excluding carboxylic acids is 2. The lowest BCUT2D eigenvalue weighted by atomic mass is 10.2. The van der Waals surface area contributed by atoms with Gasteiger partial charge < -0.3 is 19.9 Å². The van der Waals surface area contributed by atoms with Crippen molar-refractivity contribution in [3.8, 4) is 0 Å². The first-order chi connectivity index (χ1) is 9.74. The normalized spacial score (nSPS) is 14.6. The predicted molar refractivity (Wildman–Crippen MR) is 72.5 cm³/mol. The number of hydrogen-bond donors (Lipinski definition) is 2. The van der Waals surface area contributed by atoms with Crippen LogP contribution >= 0.6 is 0 Å². The third-order valence-electron chi connectivity index (χ3n) is 3.26. The summed E-state index contributed by atoms with van der Waals surface area (Å²) < 4.78 is 1.79. The van der Waals surface area contributed by atoms with Crippen molar-refractivity contribution in [1.29, 1.82) is 0 Å². The first-order valence-corrected chi connectivity index (χ1v) is 6.48. The highest BCUT2D eigenvalue weighted by molar-refractivity contribution is 5.94. The van der Waals surface area contributed by atoms with Gasteiger partial charge in [0.1, 0.15) is 5.65 Å². The summed E-state index contributed by atoms with van der Waals surface area (Å²) in [5.74, 6) is -0.153. The van der Waals surface area contributed by atoms with Crippen LogP contribution in [0.3, 0.4) is 0 Å². The van der Waals surface area contributed by atoms with Gasteiger partial charge >= 0.3 is 6.03 Å². The second-order valence-electron chi connectivity index (χ2n) is 4.59. The van der Waals surface area contributed by atoms with Crippen LogP contribution in [0.25, 0.3) is 5.65 Å². The average Bonchev–Trinajstić information content (AvgIpc) is 3.07. The van der Waals surface area contributed by atoms with E-state index in [1.807, 2.05) is 0 Å². The van der Waals surface area contributed by atoms with Gasteiger partial charge in [-0.15, -0.1) is 0 Å². The number of pyridine rings is 1. The van der Waals surface area contributed by atoms with Gasteiger partial charge in [0.25, 0.3) is 5.91 Å². The number of carbonyl (C=O) groups is 2. The fourth-order valence-electron chi connectivity index (χ4n) is 2.19. The number of hydrogen-bond acceptors (Lipinski definition) is 3. The summed E-state index contributed by atoms with van der Waals surface area (Å²) in [4.78, 5) is 29.1. The summed E-state index contributed by atoms with van der Waals surface area (Å²) in [6.45, 7) is 2.32. The standard InChI is InChI=1S/C13H15N5O2/c19-12(15-4-6-17-7-5-16-13(17)20)10-1-2-11-14-3-8-18(11)9-10/h1-3,8-9H,4-7H2,(H,15,19)(H,16,20). The van der Waals surface area contributed by atoms with E-state index in [1.54, 1.807) is 40.0 Å². The minimum atomic E-state index is -0.153. The molecular formula is C13H15N5O2. The van der Waals surface area contributed by atoms with Crippen molar-refractivity contribution in [3.05, 3.63) is 36.3 Å². The molecule has 7 heteroatoms. The van der Waals surface area contributed by atoms with E-state index in [9.17, 15) is 9.59 Å². The van der Waals surface area contributed by atoms with Gasteiger partial charge in [-0.2, -0.15) is 0 Å². The second-order valence-corrected chi connectivity index (χ2v) is 4.59. The Kier molecular flexibility index (Phi) is 3.24. The van der Waals surface area contributed by atoms with Gasteiger partial charge in [-0.05, 0) is 12.1 Å². The molecule has 2 aromatic rings. The zero-order valence-electron chi connectivity index (χ0n) is 10.9. The van der Waals surface area contributed by atoms with Gasteiger partial charge in [0.05, 0.1) is 5.56 Å². The molecular weight excluding hydrogens is 258 g/mol. The van der Waals surface area contributed by atoms with Gasteiger partial charge in [-0.25, -0.2) is 9.78 Å². The van der Waals surface area contributed by atoms with Crippen LogP contribution in [0.5, 0.6) is 0 Å². The second kappa shape index (κ2) is 5.20. The maximum atomic E-state index is 12.0. The topological polar surface area (TPSA) is 78.7 Å². The Morgan fingerprint density at radius 1 is 1.45 bits per heavy atom. The lowest BCUT2D eigenvalue weighted by Crippen LogP contribution is -2.36. The molecule has 0 radical (unpaired) electrons. The number of imidazole rings is 1. The monoisotopic (exact) mass is 273 g/mol. The van der Waals surface area contributed by atoms with Gasteiger partial charge in [-0.3, -0.25) is 4.79 Å². The van der Waals surface area contributed by atoms with E-state index in [4.69, 9.17) is 0 Å². The van der Waals surface area contributed by atoms with Crippen molar-refractivity contribution in [2.45, 2.75) is 0 Å². The molecule has 7 nitrogen and oxygen atoms in total. The lowest BCUT2D eigenvalue weighted by Gasteiger charge is -2.14. The number of aromatic nitrogens is 2. The molecule has 1 fully saturated rings. The quantitative estimate of drug-likeness (QED) is 0.828. The lowest BCUT2D eigenvalue weighted by molar-refractivity contribution is 0.0950. The van der Waals surface area contributed by atoms with Crippen molar-refractivity contribution in [2.75, 3.05) is 26.2 Å². The minimum Gasteiger partial charge on any atom is -0.350 e. The van der Waals surface area contributed by atoms with Crippen LogP contribution in [-0.4, -0.2) is 52.4 Å². The Hall–Kier alpha value is -2.57. The van der Waals surface area contributed by atoms with E-state index in [1.165, 1.54) is 0 Å². The van der Waals surface area contributed by atoms with Crippen LogP contribution in [0, 0.1) is 0 Å². The molecule has 0 unspecified atom stereocenters. The molecule has 0 spiro atoms. The van der Waals surface area contributed by atoms with Crippen LogP contribution in [0.1, 0.15) is 10.4 Å². The largest absolute Gasteiger partial charge is 0.350 e. The average molecular weight is 273 g/mol. The highest BCUT2D eigenvalue weighted by Crippen LogP contribution is 2.04. The molecule has 3 amide bonds. The van der Waals surface area contributed by atoms with Crippen molar-refractivity contribution in [3.63, 3.8) is 0 Å². The third kappa shape index (κ3) is 2.42. The molecule has 2 N–H and O–H groups in total. The summed E-state index contributed by atoms with van der Waals surface area (Å²) in [5.41, 5.74) is 1.37. The number of fused-ring (bicyclic) bond motifs is 1. The summed E-state index contributed by atoms with van der Waals surface area (Å²) in [6, 6.07) is 3.46. The van der Waals surface area contributed by atoms with Crippen molar-refractivity contribution in [2.24, 2.45) is 0 Å². The Morgan fingerprint density at radius 2 is 2.35 bits per heavy atom. The molecule has 0 atom stereocenters. The Bertz CT molecular complexity index is 651. The van der Waals surface area contributed by atoms with Crippen LogP contribution in [0.4, 0.5) is 4.79 Å². The molecule has 104 valence electrons.